The van der Waals surface area contributed by atoms with Crippen molar-refractivity contribution in [1.82, 2.24) is 4.57 Å². The van der Waals surface area contributed by atoms with E-state index in [9.17, 15) is 5.11 Å². The molecular formula is C18H16ClNO3. The van der Waals surface area contributed by atoms with Crippen molar-refractivity contribution in [3.05, 3.63) is 72.0 Å². The van der Waals surface area contributed by atoms with E-state index in [1.807, 2.05) is 53.4 Å². The summed E-state index contributed by atoms with van der Waals surface area (Å²) in [4.78, 5) is 0. The summed E-state index contributed by atoms with van der Waals surface area (Å²) in [5, 5.41) is 9.80. The molecule has 2 aromatic carbocycles. The third-order valence-electron chi connectivity index (χ3n) is 3.28. The van der Waals surface area contributed by atoms with Crippen LogP contribution in [0.25, 0.3) is 5.69 Å². The summed E-state index contributed by atoms with van der Waals surface area (Å²) in [6, 6.07) is 16.6. The molecule has 23 heavy (non-hydrogen) atoms. The molecule has 5 heteroatoms. The predicted octanol–water partition coefficient (Wildman–Crippen LogP) is 4.29. The average Bonchev–Trinajstić information content (AvgIpc) is 3.10. The van der Waals surface area contributed by atoms with Gasteiger partial charge >= 0.3 is 0 Å². The van der Waals surface area contributed by atoms with Gasteiger partial charge in [-0.15, -0.1) is 0 Å². The molecular weight excluding hydrogens is 314 g/mol. The number of phenolic OH excluding ortho intramolecular Hbond substituents is 1. The number of ether oxygens (including phenoxy) is 2. The van der Waals surface area contributed by atoms with Crippen LogP contribution >= 0.6 is 11.6 Å². The Bertz CT molecular complexity index is 754. The maximum Gasteiger partial charge on any atom is 0.137 e. The molecule has 0 unspecified atom stereocenters. The Kier molecular flexibility index (Phi) is 4.74. The van der Waals surface area contributed by atoms with Crippen LogP contribution in [0.15, 0.2) is 67.0 Å². The first-order valence-electron chi connectivity index (χ1n) is 7.20. The van der Waals surface area contributed by atoms with Gasteiger partial charge in [0.25, 0.3) is 0 Å². The van der Waals surface area contributed by atoms with E-state index in [-0.39, 0.29) is 5.75 Å². The molecule has 4 nitrogen and oxygen atoms in total. The van der Waals surface area contributed by atoms with E-state index in [0.29, 0.717) is 24.0 Å². The second kappa shape index (κ2) is 7.11. The maximum absolute atomic E-state index is 9.49. The molecule has 0 saturated carbocycles. The number of benzene rings is 2. The highest BCUT2D eigenvalue weighted by Crippen LogP contribution is 2.27. The Morgan fingerprint density at radius 2 is 1.48 bits per heavy atom. The molecule has 0 radical (unpaired) electrons. The monoisotopic (exact) mass is 329 g/mol. The molecule has 0 atom stereocenters. The molecule has 1 heterocycles. The highest BCUT2D eigenvalue weighted by Gasteiger charge is 2.01. The zero-order valence-corrected chi connectivity index (χ0v) is 13.1. The van der Waals surface area contributed by atoms with Crippen molar-refractivity contribution >= 4 is 11.6 Å². The molecule has 1 aromatic heterocycles. The second-order valence-electron chi connectivity index (χ2n) is 4.89. The van der Waals surface area contributed by atoms with Gasteiger partial charge < -0.3 is 19.1 Å². The van der Waals surface area contributed by atoms with Crippen molar-refractivity contribution < 1.29 is 14.6 Å². The minimum Gasteiger partial charge on any atom is -0.506 e. The first-order chi connectivity index (χ1) is 11.2. The van der Waals surface area contributed by atoms with Crippen molar-refractivity contribution in [3.63, 3.8) is 0 Å². The van der Waals surface area contributed by atoms with Gasteiger partial charge in [-0.25, -0.2) is 0 Å². The van der Waals surface area contributed by atoms with Crippen LogP contribution in [-0.2, 0) is 0 Å². The van der Waals surface area contributed by atoms with Crippen LogP contribution in [-0.4, -0.2) is 22.9 Å². The Balaban J connectivity index is 1.48. The van der Waals surface area contributed by atoms with Crippen LogP contribution in [0.3, 0.4) is 0 Å². The lowest BCUT2D eigenvalue weighted by atomic mass is 10.3. The van der Waals surface area contributed by atoms with E-state index in [4.69, 9.17) is 21.1 Å². The normalized spacial score (nSPS) is 10.5. The van der Waals surface area contributed by atoms with Gasteiger partial charge in [-0.05, 0) is 48.5 Å². The molecule has 3 rings (SSSR count). The van der Waals surface area contributed by atoms with Crippen LogP contribution in [0, 0.1) is 0 Å². The summed E-state index contributed by atoms with van der Waals surface area (Å²) in [7, 11) is 0. The van der Waals surface area contributed by atoms with Crippen molar-refractivity contribution in [3.8, 4) is 22.9 Å². The molecule has 118 valence electrons. The number of hydrogen-bond acceptors (Lipinski definition) is 3. The zero-order valence-electron chi connectivity index (χ0n) is 12.4. The predicted molar refractivity (Wildman–Crippen MR) is 89.9 cm³/mol. The van der Waals surface area contributed by atoms with Gasteiger partial charge in [0.1, 0.15) is 30.5 Å². The summed E-state index contributed by atoms with van der Waals surface area (Å²) in [5.41, 5.74) is 1.08. The first-order valence-corrected chi connectivity index (χ1v) is 7.58. The molecule has 0 aliphatic heterocycles. The van der Waals surface area contributed by atoms with E-state index >= 15 is 0 Å². The van der Waals surface area contributed by atoms with Gasteiger partial charge in [-0.3, -0.25) is 0 Å². The summed E-state index contributed by atoms with van der Waals surface area (Å²) < 4.78 is 13.2. The SMILES string of the molecule is Oc1cc(OCCOc2ccc(-n3cccc3)cc2)ccc1Cl. The van der Waals surface area contributed by atoms with Gasteiger partial charge in [0.05, 0.1) is 5.02 Å². The Morgan fingerprint density at radius 3 is 2.13 bits per heavy atom. The van der Waals surface area contributed by atoms with Crippen molar-refractivity contribution in [2.45, 2.75) is 0 Å². The van der Waals surface area contributed by atoms with Gasteiger partial charge in [-0.1, -0.05) is 11.6 Å². The number of aromatic nitrogens is 1. The lowest BCUT2D eigenvalue weighted by Crippen LogP contribution is -2.09. The summed E-state index contributed by atoms with van der Waals surface area (Å²) in [6.45, 7) is 0.784. The average molecular weight is 330 g/mol. The lowest BCUT2D eigenvalue weighted by Gasteiger charge is -2.10. The smallest absolute Gasteiger partial charge is 0.137 e. The summed E-state index contributed by atoms with van der Waals surface area (Å²) in [6.07, 6.45) is 3.98. The van der Waals surface area contributed by atoms with Gasteiger partial charge in [0, 0.05) is 24.1 Å². The fourth-order valence-corrected chi connectivity index (χ4v) is 2.24. The van der Waals surface area contributed by atoms with Crippen LogP contribution < -0.4 is 9.47 Å². The minimum atomic E-state index is 0.00526. The number of halogens is 1. The van der Waals surface area contributed by atoms with Crippen LogP contribution in [0.1, 0.15) is 0 Å². The molecule has 0 aliphatic carbocycles. The molecule has 0 amide bonds. The maximum atomic E-state index is 9.49. The Morgan fingerprint density at radius 1 is 0.870 bits per heavy atom. The third kappa shape index (κ3) is 3.99. The minimum absolute atomic E-state index is 0.00526. The third-order valence-corrected chi connectivity index (χ3v) is 3.60. The second-order valence-corrected chi connectivity index (χ2v) is 5.30. The molecule has 0 saturated heterocycles. The van der Waals surface area contributed by atoms with E-state index in [2.05, 4.69) is 0 Å². The molecule has 0 fully saturated rings. The number of nitrogens with zero attached hydrogens (tertiary/aromatic N) is 1. The van der Waals surface area contributed by atoms with Crippen molar-refractivity contribution in [1.29, 1.82) is 0 Å². The summed E-state index contributed by atoms with van der Waals surface area (Å²) in [5.74, 6) is 1.34. The molecule has 0 aliphatic rings. The van der Waals surface area contributed by atoms with Crippen LogP contribution in [0.5, 0.6) is 17.2 Å². The fourth-order valence-electron chi connectivity index (χ4n) is 2.12. The zero-order chi connectivity index (χ0) is 16.1. The number of aromatic hydroxyl groups is 1. The quantitative estimate of drug-likeness (QED) is 0.686. The van der Waals surface area contributed by atoms with Crippen LogP contribution in [0.4, 0.5) is 0 Å². The lowest BCUT2D eigenvalue weighted by molar-refractivity contribution is 0.216. The molecule has 0 spiro atoms. The highest BCUT2D eigenvalue weighted by molar-refractivity contribution is 6.32. The fraction of sp³-hybridized carbons (Fsp3) is 0.111. The topological polar surface area (TPSA) is 43.6 Å². The van der Waals surface area contributed by atoms with Gasteiger partial charge in [-0.2, -0.15) is 0 Å². The van der Waals surface area contributed by atoms with Crippen LogP contribution in [0.2, 0.25) is 5.02 Å². The number of phenols is 1. The Labute approximate surface area is 139 Å². The summed E-state index contributed by atoms with van der Waals surface area (Å²) >= 11 is 5.74. The van der Waals surface area contributed by atoms with E-state index in [0.717, 1.165) is 11.4 Å². The molecule has 1 N–H and O–H groups in total. The van der Waals surface area contributed by atoms with E-state index in [1.54, 1.807) is 12.1 Å². The van der Waals surface area contributed by atoms with E-state index in [1.165, 1.54) is 6.07 Å². The van der Waals surface area contributed by atoms with E-state index < -0.39 is 0 Å². The standard InChI is InChI=1S/C18H16ClNO3/c19-17-8-7-16(13-18(17)21)23-12-11-22-15-5-3-14(4-6-15)20-9-1-2-10-20/h1-10,13,21H,11-12H2. The van der Waals surface area contributed by atoms with Crippen molar-refractivity contribution in [2.24, 2.45) is 0 Å². The largest absolute Gasteiger partial charge is 0.506 e. The highest BCUT2D eigenvalue weighted by atomic mass is 35.5. The van der Waals surface area contributed by atoms with Gasteiger partial charge in [0.2, 0.25) is 0 Å². The van der Waals surface area contributed by atoms with Gasteiger partial charge in [0.15, 0.2) is 0 Å². The number of hydrogen-bond donors (Lipinski definition) is 1. The molecule has 3 aromatic rings. The number of rotatable bonds is 6. The molecule has 0 bridgehead atoms. The first kappa shape index (κ1) is 15.3. The van der Waals surface area contributed by atoms with Crippen molar-refractivity contribution in [2.75, 3.05) is 13.2 Å². The Hall–Kier alpha value is -2.59.